The minimum absolute atomic E-state index is 0. The molecule has 3 aromatic rings. The summed E-state index contributed by atoms with van der Waals surface area (Å²) in [5, 5.41) is 6.41. The van der Waals surface area contributed by atoms with Crippen LogP contribution in [0.2, 0.25) is 0 Å². The molecule has 2 aromatic heterocycles. The molecule has 0 bridgehead atoms. The Morgan fingerprint density at radius 1 is 1.18 bits per heavy atom. The van der Waals surface area contributed by atoms with Crippen LogP contribution in [-0.4, -0.2) is 40.6 Å². The molecular formula is C21H26Cl2F3N7. The first kappa shape index (κ1) is 26.7. The third-order valence-electron chi connectivity index (χ3n) is 5.15. The van der Waals surface area contributed by atoms with Crippen molar-refractivity contribution in [1.29, 1.82) is 0 Å². The number of rotatable bonds is 6. The van der Waals surface area contributed by atoms with E-state index in [1.165, 1.54) is 6.07 Å². The Labute approximate surface area is 202 Å². The Morgan fingerprint density at radius 2 is 1.97 bits per heavy atom. The number of fused-ring (bicyclic) bond motifs is 1. The smallest absolute Gasteiger partial charge is 0.399 e. The van der Waals surface area contributed by atoms with Gasteiger partial charge in [-0.05, 0) is 49.7 Å². The van der Waals surface area contributed by atoms with E-state index < -0.39 is 11.7 Å². The highest BCUT2D eigenvalue weighted by Crippen LogP contribution is 2.34. The standard InChI is InChI=1S/C21H24F3N7.2ClH/c1-2-6-26-15-5-8-31(12-15)19-18-17(4-3-7-27-18)29-20(30-19)28-16-10-13(21(22,23)24)9-14(25)11-16;;/h3-4,7,9-11,15,26H,2,5-6,8,12,25H2,1H3,(H,28,29,30);2*1H. The molecule has 1 fully saturated rings. The Hall–Kier alpha value is -2.56. The van der Waals surface area contributed by atoms with Crippen LogP contribution in [0.1, 0.15) is 25.3 Å². The van der Waals surface area contributed by atoms with E-state index in [0.717, 1.165) is 44.6 Å². The fraction of sp³-hybridized carbons (Fsp3) is 0.381. The molecule has 12 heteroatoms. The van der Waals surface area contributed by atoms with E-state index in [1.54, 1.807) is 12.3 Å². The van der Waals surface area contributed by atoms with Gasteiger partial charge in [-0.1, -0.05) is 6.92 Å². The number of hydrogen-bond donors (Lipinski definition) is 3. The fourth-order valence-corrected chi connectivity index (χ4v) is 3.71. The highest BCUT2D eigenvalue weighted by Gasteiger charge is 2.31. The SMILES string of the molecule is CCCNC1CCN(c2nc(Nc3cc(N)cc(C(F)(F)F)c3)nc3cccnc23)C1.Cl.Cl. The number of anilines is 4. The maximum Gasteiger partial charge on any atom is 0.416 e. The molecular weight excluding hydrogens is 478 g/mol. The van der Waals surface area contributed by atoms with E-state index >= 15 is 0 Å². The van der Waals surface area contributed by atoms with Crippen molar-refractivity contribution in [2.75, 3.05) is 35.6 Å². The number of nitrogens with one attached hydrogen (secondary N) is 2. The summed E-state index contributed by atoms with van der Waals surface area (Å²) in [6.07, 6.45) is -0.784. The van der Waals surface area contributed by atoms with Crippen molar-refractivity contribution in [1.82, 2.24) is 20.3 Å². The zero-order valence-corrected chi connectivity index (χ0v) is 19.5. The van der Waals surface area contributed by atoms with Crippen molar-refractivity contribution in [3.8, 4) is 0 Å². The summed E-state index contributed by atoms with van der Waals surface area (Å²) in [4.78, 5) is 15.6. The summed E-state index contributed by atoms with van der Waals surface area (Å²) >= 11 is 0. The van der Waals surface area contributed by atoms with Crippen LogP contribution in [0.5, 0.6) is 0 Å². The lowest BCUT2D eigenvalue weighted by atomic mass is 10.1. The molecule has 1 unspecified atom stereocenters. The van der Waals surface area contributed by atoms with Crippen LogP contribution in [-0.2, 0) is 6.18 Å². The van der Waals surface area contributed by atoms with Crippen LogP contribution in [0.4, 0.5) is 36.3 Å². The molecule has 33 heavy (non-hydrogen) atoms. The van der Waals surface area contributed by atoms with E-state index in [4.69, 9.17) is 5.73 Å². The predicted molar refractivity (Wildman–Crippen MR) is 130 cm³/mol. The van der Waals surface area contributed by atoms with Crippen LogP contribution in [0, 0.1) is 0 Å². The van der Waals surface area contributed by atoms with Crippen molar-refractivity contribution in [2.45, 2.75) is 32.0 Å². The molecule has 0 amide bonds. The second-order valence-corrected chi connectivity index (χ2v) is 7.59. The maximum atomic E-state index is 13.2. The molecule has 4 rings (SSSR count). The Bertz CT molecular complexity index is 1080. The maximum absolute atomic E-state index is 13.2. The van der Waals surface area contributed by atoms with E-state index in [9.17, 15) is 13.2 Å². The van der Waals surface area contributed by atoms with Crippen LogP contribution >= 0.6 is 24.8 Å². The highest BCUT2D eigenvalue weighted by atomic mass is 35.5. The van der Waals surface area contributed by atoms with Gasteiger partial charge in [0.05, 0.1) is 11.1 Å². The second kappa shape index (κ2) is 11.0. The number of hydrogen-bond acceptors (Lipinski definition) is 7. The van der Waals surface area contributed by atoms with Gasteiger partial charge < -0.3 is 21.3 Å². The van der Waals surface area contributed by atoms with Crippen LogP contribution in [0.15, 0.2) is 36.5 Å². The molecule has 3 heterocycles. The molecule has 1 aromatic carbocycles. The second-order valence-electron chi connectivity index (χ2n) is 7.59. The van der Waals surface area contributed by atoms with Crippen molar-refractivity contribution >= 4 is 59.0 Å². The number of pyridine rings is 1. The largest absolute Gasteiger partial charge is 0.416 e. The van der Waals surface area contributed by atoms with Gasteiger partial charge in [-0.25, -0.2) is 4.98 Å². The Kier molecular flexibility index (Phi) is 8.93. The molecule has 1 aliphatic heterocycles. The molecule has 0 radical (unpaired) electrons. The van der Waals surface area contributed by atoms with E-state index in [0.29, 0.717) is 22.9 Å². The number of halogens is 5. The average Bonchev–Trinajstić information content (AvgIpc) is 3.19. The predicted octanol–water partition coefficient (Wildman–Crippen LogP) is 4.79. The van der Waals surface area contributed by atoms with Gasteiger partial charge in [-0.15, -0.1) is 24.8 Å². The summed E-state index contributed by atoms with van der Waals surface area (Å²) < 4.78 is 39.5. The van der Waals surface area contributed by atoms with Crippen LogP contribution < -0.4 is 21.3 Å². The monoisotopic (exact) mass is 503 g/mol. The first-order valence-electron chi connectivity index (χ1n) is 10.2. The molecule has 4 N–H and O–H groups in total. The summed E-state index contributed by atoms with van der Waals surface area (Å²) in [5.74, 6) is 0.855. The van der Waals surface area contributed by atoms with Crippen molar-refractivity contribution in [3.63, 3.8) is 0 Å². The lowest BCUT2D eigenvalue weighted by molar-refractivity contribution is -0.137. The minimum atomic E-state index is -4.50. The summed E-state index contributed by atoms with van der Waals surface area (Å²) in [6, 6.07) is 7.24. The number of alkyl halides is 3. The number of nitrogen functional groups attached to an aromatic ring is 1. The van der Waals surface area contributed by atoms with Gasteiger partial charge in [0.15, 0.2) is 5.82 Å². The van der Waals surface area contributed by atoms with E-state index in [1.807, 2.05) is 6.07 Å². The fourth-order valence-electron chi connectivity index (χ4n) is 3.71. The molecule has 7 nitrogen and oxygen atoms in total. The van der Waals surface area contributed by atoms with Gasteiger partial charge in [0.25, 0.3) is 0 Å². The van der Waals surface area contributed by atoms with Crippen molar-refractivity contribution < 1.29 is 13.2 Å². The van der Waals surface area contributed by atoms with Gasteiger partial charge in [0, 0.05) is 36.7 Å². The first-order valence-corrected chi connectivity index (χ1v) is 10.2. The number of nitrogens with two attached hydrogens (primary N) is 1. The molecule has 1 aliphatic rings. The molecule has 0 aliphatic carbocycles. The van der Waals surface area contributed by atoms with Crippen molar-refractivity contribution in [2.24, 2.45) is 0 Å². The van der Waals surface area contributed by atoms with Gasteiger partial charge in [-0.3, -0.25) is 4.98 Å². The molecule has 1 saturated heterocycles. The zero-order chi connectivity index (χ0) is 22.0. The normalized spacial score (nSPS) is 15.8. The minimum Gasteiger partial charge on any atom is -0.399 e. The molecule has 0 saturated carbocycles. The summed E-state index contributed by atoms with van der Waals surface area (Å²) in [5.41, 5.74) is 6.29. The van der Waals surface area contributed by atoms with Gasteiger partial charge >= 0.3 is 6.18 Å². The molecule has 180 valence electrons. The number of aromatic nitrogens is 3. The summed E-state index contributed by atoms with van der Waals surface area (Å²) in [7, 11) is 0. The average molecular weight is 504 g/mol. The van der Waals surface area contributed by atoms with Gasteiger partial charge in [0.2, 0.25) is 5.95 Å². The third-order valence-corrected chi connectivity index (χ3v) is 5.15. The Morgan fingerprint density at radius 3 is 2.70 bits per heavy atom. The summed E-state index contributed by atoms with van der Waals surface area (Å²) in [6.45, 7) is 4.66. The van der Waals surface area contributed by atoms with E-state index in [2.05, 4.69) is 37.4 Å². The zero-order valence-electron chi connectivity index (χ0n) is 17.9. The van der Waals surface area contributed by atoms with Gasteiger partial charge in [-0.2, -0.15) is 18.2 Å². The van der Waals surface area contributed by atoms with E-state index in [-0.39, 0.29) is 42.1 Å². The number of benzene rings is 1. The molecule has 1 atom stereocenters. The molecule has 0 spiro atoms. The lowest BCUT2D eigenvalue weighted by Crippen LogP contribution is -2.33. The number of nitrogens with zero attached hydrogens (tertiary/aromatic N) is 4. The van der Waals surface area contributed by atoms with Crippen LogP contribution in [0.25, 0.3) is 11.0 Å². The third kappa shape index (κ3) is 6.27. The first-order chi connectivity index (χ1) is 14.8. The quantitative estimate of drug-likeness (QED) is 0.416. The lowest BCUT2D eigenvalue weighted by Gasteiger charge is -2.20. The topological polar surface area (TPSA) is 92.0 Å². The van der Waals surface area contributed by atoms with Crippen molar-refractivity contribution in [3.05, 3.63) is 42.1 Å². The Balaban J connectivity index is 0.00000193. The van der Waals surface area contributed by atoms with Crippen LogP contribution in [0.3, 0.4) is 0 Å². The van der Waals surface area contributed by atoms with Gasteiger partial charge in [0.1, 0.15) is 5.52 Å². The highest BCUT2D eigenvalue weighted by molar-refractivity contribution is 5.87.